The molecule has 1 aromatic carbocycles. The van der Waals surface area contributed by atoms with E-state index in [0.29, 0.717) is 0 Å². The summed E-state index contributed by atoms with van der Waals surface area (Å²) in [5, 5.41) is 11.3. The number of aromatic hydroxyl groups is 1. The first-order valence-corrected chi connectivity index (χ1v) is 3.12. The summed E-state index contributed by atoms with van der Waals surface area (Å²) in [4.78, 5) is 20.5. The Hall–Kier alpha value is -1.91. The van der Waals surface area contributed by atoms with Crippen LogP contribution >= 0.6 is 0 Å². The van der Waals surface area contributed by atoms with Crippen molar-refractivity contribution in [2.75, 3.05) is 5.73 Å². The second-order valence-corrected chi connectivity index (χ2v) is 2.14. The van der Waals surface area contributed by atoms with Gasteiger partial charge < -0.3 is 10.8 Å². The Kier molecular flexibility index (Phi) is 2.05. The van der Waals surface area contributed by atoms with Gasteiger partial charge in [-0.05, 0) is 12.1 Å². The lowest BCUT2D eigenvalue weighted by Crippen LogP contribution is -1.96. The van der Waals surface area contributed by atoms with E-state index in [4.69, 9.17) is 10.8 Å². The standard InChI is InChI=1S/C7H6N2O3/c8-5-3-1-2-4(6(5)10)7(11)9-12/h1-3,10H,8H2. The van der Waals surface area contributed by atoms with Crippen LogP contribution in [0.15, 0.2) is 23.4 Å². The minimum Gasteiger partial charge on any atom is -0.505 e. The van der Waals surface area contributed by atoms with Gasteiger partial charge in [-0.3, -0.25) is 4.79 Å². The van der Waals surface area contributed by atoms with Crippen molar-refractivity contribution < 1.29 is 9.90 Å². The second-order valence-electron chi connectivity index (χ2n) is 2.14. The molecule has 0 radical (unpaired) electrons. The molecule has 0 aromatic heterocycles. The van der Waals surface area contributed by atoms with Crippen molar-refractivity contribution in [2.24, 2.45) is 5.18 Å². The Morgan fingerprint density at radius 3 is 2.75 bits per heavy atom. The number of hydrogen-bond acceptors (Lipinski definition) is 4. The number of hydrogen-bond donors (Lipinski definition) is 2. The molecule has 0 heterocycles. The Morgan fingerprint density at radius 2 is 2.17 bits per heavy atom. The third kappa shape index (κ3) is 1.24. The van der Waals surface area contributed by atoms with Crippen LogP contribution in [0.25, 0.3) is 0 Å². The number of rotatable bonds is 1. The zero-order chi connectivity index (χ0) is 9.14. The summed E-state index contributed by atoms with van der Waals surface area (Å²) in [5.41, 5.74) is 5.14. The van der Waals surface area contributed by atoms with Crippen LogP contribution in [-0.4, -0.2) is 11.0 Å². The maximum atomic E-state index is 10.7. The Morgan fingerprint density at radius 1 is 1.50 bits per heavy atom. The van der Waals surface area contributed by atoms with Gasteiger partial charge in [-0.25, -0.2) is 0 Å². The number of amides is 1. The molecule has 0 aliphatic heterocycles. The van der Waals surface area contributed by atoms with Crippen molar-refractivity contribution in [2.45, 2.75) is 0 Å². The van der Waals surface area contributed by atoms with Crippen LogP contribution in [0.5, 0.6) is 5.75 Å². The number of nitrogens with two attached hydrogens (primary N) is 1. The lowest BCUT2D eigenvalue weighted by molar-refractivity contribution is 0.0998. The van der Waals surface area contributed by atoms with E-state index < -0.39 is 11.7 Å². The molecular weight excluding hydrogens is 160 g/mol. The Balaban J connectivity index is 3.25. The fourth-order valence-corrected chi connectivity index (χ4v) is 0.783. The molecule has 0 saturated carbocycles. The number of carbonyl (C=O) groups is 1. The van der Waals surface area contributed by atoms with Gasteiger partial charge >= 0.3 is 5.91 Å². The van der Waals surface area contributed by atoms with Gasteiger partial charge in [-0.1, -0.05) is 6.07 Å². The van der Waals surface area contributed by atoms with E-state index in [1.54, 1.807) is 0 Å². The average molecular weight is 166 g/mol. The van der Waals surface area contributed by atoms with Crippen molar-refractivity contribution in [3.05, 3.63) is 28.7 Å². The molecule has 5 heteroatoms. The van der Waals surface area contributed by atoms with E-state index in [2.05, 4.69) is 5.18 Å². The van der Waals surface area contributed by atoms with Crippen LogP contribution in [-0.2, 0) is 0 Å². The highest BCUT2D eigenvalue weighted by atomic mass is 16.3. The fraction of sp³-hybridized carbons (Fsp3) is 0. The molecule has 5 nitrogen and oxygen atoms in total. The first-order chi connectivity index (χ1) is 5.66. The highest BCUT2D eigenvalue weighted by Gasteiger charge is 2.12. The number of anilines is 1. The number of phenolic OH excluding ortho intramolecular Hbond substituents is 1. The van der Waals surface area contributed by atoms with Gasteiger partial charge in [0, 0.05) is 5.18 Å². The Bertz CT molecular complexity index is 335. The smallest absolute Gasteiger partial charge is 0.320 e. The quantitative estimate of drug-likeness (QED) is 0.368. The number of para-hydroxylation sites is 1. The molecule has 1 amide bonds. The van der Waals surface area contributed by atoms with Crippen molar-refractivity contribution >= 4 is 11.6 Å². The van der Waals surface area contributed by atoms with Crippen LogP contribution in [0.1, 0.15) is 10.4 Å². The molecule has 0 fully saturated rings. The zero-order valence-corrected chi connectivity index (χ0v) is 6.02. The summed E-state index contributed by atoms with van der Waals surface area (Å²) in [6.45, 7) is 0. The summed E-state index contributed by atoms with van der Waals surface area (Å²) in [6.07, 6.45) is 0. The predicted molar refractivity (Wildman–Crippen MR) is 42.6 cm³/mol. The Labute approximate surface area is 67.8 Å². The van der Waals surface area contributed by atoms with E-state index in [9.17, 15) is 9.70 Å². The summed E-state index contributed by atoms with van der Waals surface area (Å²) in [5.74, 6) is -1.43. The van der Waals surface area contributed by atoms with Crippen LogP contribution in [0.2, 0.25) is 0 Å². The summed E-state index contributed by atoms with van der Waals surface area (Å²) < 4.78 is 0. The van der Waals surface area contributed by atoms with Gasteiger partial charge in [0.15, 0.2) is 5.75 Å². The van der Waals surface area contributed by atoms with Crippen molar-refractivity contribution in [3.63, 3.8) is 0 Å². The van der Waals surface area contributed by atoms with E-state index >= 15 is 0 Å². The monoisotopic (exact) mass is 166 g/mol. The summed E-state index contributed by atoms with van der Waals surface area (Å²) in [7, 11) is 0. The van der Waals surface area contributed by atoms with Gasteiger partial charge in [0.05, 0.1) is 11.3 Å². The molecule has 0 unspecified atom stereocenters. The molecule has 0 aliphatic carbocycles. The number of carbonyl (C=O) groups excluding carboxylic acids is 1. The average Bonchev–Trinajstić information content (AvgIpc) is 2.08. The predicted octanol–water partition coefficient (Wildman–Crippen LogP) is 0.881. The molecule has 0 saturated heterocycles. The van der Waals surface area contributed by atoms with E-state index in [1.807, 2.05) is 0 Å². The molecule has 1 rings (SSSR count). The number of phenols is 1. The minimum atomic E-state index is -1.03. The van der Waals surface area contributed by atoms with Crippen molar-refractivity contribution in [1.82, 2.24) is 0 Å². The highest BCUT2D eigenvalue weighted by Crippen LogP contribution is 2.24. The highest BCUT2D eigenvalue weighted by molar-refractivity contribution is 5.98. The third-order valence-electron chi connectivity index (χ3n) is 1.38. The first-order valence-electron chi connectivity index (χ1n) is 3.12. The van der Waals surface area contributed by atoms with Gasteiger partial charge in [-0.15, -0.1) is 4.91 Å². The number of nitrogen functional groups attached to an aromatic ring is 1. The molecule has 0 atom stereocenters. The molecule has 12 heavy (non-hydrogen) atoms. The molecule has 3 N–H and O–H groups in total. The van der Waals surface area contributed by atoms with E-state index in [1.165, 1.54) is 18.2 Å². The summed E-state index contributed by atoms with van der Waals surface area (Å²) >= 11 is 0. The van der Waals surface area contributed by atoms with Gasteiger partial charge in [0.1, 0.15) is 0 Å². The zero-order valence-electron chi connectivity index (χ0n) is 6.02. The van der Waals surface area contributed by atoms with Crippen molar-refractivity contribution in [1.29, 1.82) is 0 Å². The van der Waals surface area contributed by atoms with Gasteiger partial charge in [-0.2, -0.15) is 0 Å². The molecule has 0 bridgehead atoms. The number of nitroso groups, excluding NO2 is 1. The number of nitrogens with zero attached hydrogens (tertiary/aromatic N) is 1. The van der Waals surface area contributed by atoms with E-state index in [-0.39, 0.29) is 11.3 Å². The minimum absolute atomic E-state index is 0.0458. The second kappa shape index (κ2) is 3.00. The maximum Gasteiger partial charge on any atom is 0.320 e. The largest absolute Gasteiger partial charge is 0.505 e. The van der Waals surface area contributed by atoms with Crippen LogP contribution in [0, 0.1) is 4.91 Å². The maximum absolute atomic E-state index is 10.7. The van der Waals surface area contributed by atoms with Crippen LogP contribution in [0.3, 0.4) is 0 Å². The molecule has 0 spiro atoms. The van der Waals surface area contributed by atoms with Crippen molar-refractivity contribution in [3.8, 4) is 5.75 Å². The molecule has 1 aromatic rings. The summed E-state index contributed by atoms with van der Waals surface area (Å²) in [6, 6.07) is 4.14. The lowest BCUT2D eigenvalue weighted by Gasteiger charge is -2.00. The molecule has 62 valence electrons. The normalized spacial score (nSPS) is 9.33. The first kappa shape index (κ1) is 8.19. The van der Waals surface area contributed by atoms with Crippen LogP contribution < -0.4 is 5.73 Å². The topological polar surface area (TPSA) is 92.8 Å². The third-order valence-corrected chi connectivity index (χ3v) is 1.38. The SMILES string of the molecule is Nc1cccc(C(=O)N=O)c1O. The van der Waals surface area contributed by atoms with Gasteiger partial charge in [0.2, 0.25) is 0 Å². The molecular formula is C7H6N2O3. The van der Waals surface area contributed by atoms with Crippen LogP contribution in [0.4, 0.5) is 5.69 Å². The molecule has 0 aliphatic rings. The van der Waals surface area contributed by atoms with Gasteiger partial charge in [0.25, 0.3) is 0 Å². The fourth-order valence-electron chi connectivity index (χ4n) is 0.783. The number of benzene rings is 1. The van der Waals surface area contributed by atoms with E-state index in [0.717, 1.165) is 0 Å². The lowest BCUT2D eigenvalue weighted by atomic mass is 10.1.